The number of aromatic nitrogens is 3. The molecule has 1 N–H and O–H groups in total. The highest BCUT2D eigenvalue weighted by Crippen LogP contribution is 2.34. The predicted molar refractivity (Wildman–Crippen MR) is 130 cm³/mol. The number of nitriles is 1. The second-order valence-electron chi connectivity index (χ2n) is 6.92. The van der Waals surface area contributed by atoms with Crippen molar-refractivity contribution in [2.75, 3.05) is 27.9 Å². The summed E-state index contributed by atoms with van der Waals surface area (Å²) >= 11 is 0.983. The summed E-state index contributed by atoms with van der Waals surface area (Å²) in [7, 11) is 4.59. The normalized spacial score (nSPS) is 11.0. The van der Waals surface area contributed by atoms with E-state index < -0.39 is 5.97 Å². The Balaban J connectivity index is 1.96. The standard InChI is InChI=1S/C24H24N4O6S/c1-5-28-22(16-12-17(31-2)14-18(13-16)32-3)26-27-24(28)35-21(23(29)30)11-15-6-7-19(34-9-8-25)20(10-15)33-4/h6-7,10-14H,5,9H2,1-4H3,(H,29,30)/b21-11-. The molecular formula is C24H24N4O6S. The quantitative estimate of drug-likeness (QED) is 0.306. The summed E-state index contributed by atoms with van der Waals surface area (Å²) in [4.78, 5) is 12.1. The maximum Gasteiger partial charge on any atom is 0.342 e. The molecule has 0 radical (unpaired) electrons. The Hall–Kier alpha value is -4.17. The van der Waals surface area contributed by atoms with Gasteiger partial charge in [-0.1, -0.05) is 6.07 Å². The van der Waals surface area contributed by atoms with Gasteiger partial charge in [-0.15, -0.1) is 10.2 Å². The summed E-state index contributed by atoms with van der Waals surface area (Å²) in [5.41, 5.74) is 1.30. The third-order valence-electron chi connectivity index (χ3n) is 4.83. The Morgan fingerprint density at radius 1 is 1.09 bits per heavy atom. The summed E-state index contributed by atoms with van der Waals surface area (Å²) in [6.45, 7) is 2.30. The van der Waals surface area contributed by atoms with Gasteiger partial charge in [0.15, 0.2) is 29.1 Å². The molecule has 10 nitrogen and oxygen atoms in total. The van der Waals surface area contributed by atoms with Crippen LogP contribution in [0, 0.1) is 11.3 Å². The molecule has 1 aromatic heterocycles. The number of carbonyl (C=O) groups is 1. The summed E-state index contributed by atoms with van der Waals surface area (Å²) in [6, 6.07) is 12.2. The van der Waals surface area contributed by atoms with Crippen molar-refractivity contribution in [1.29, 1.82) is 5.26 Å². The smallest absolute Gasteiger partial charge is 0.342 e. The first-order chi connectivity index (χ1) is 16.9. The molecule has 0 saturated heterocycles. The fourth-order valence-electron chi connectivity index (χ4n) is 3.19. The van der Waals surface area contributed by atoms with Crippen LogP contribution in [0.25, 0.3) is 17.5 Å². The van der Waals surface area contributed by atoms with E-state index in [2.05, 4.69) is 10.2 Å². The fraction of sp³-hybridized carbons (Fsp3) is 0.250. The van der Waals surface area contributed by atoms with Crippen LogP contribution in [-0.2, 0) is 11.3 Å². The van der Waals surface area contributed by atoms with E-state index in [0.717, 1.165) is 17.3 Å². The van der Waals surface area contributed by atoms with E-state index >= 15 is 0 Å². The highest BCUT2D eigenvalue weighted by atomic mass is 32.2. The molecule has 0 amide bonds. The van der Waals surface area contributed by atoms with Crippen molar-refractivity contribution in [2.45, 2.75) is 18.6 Å². The van der Waals surface area contributed by atoms with Crippen LogP contribution in [0.5, 0.6) is 23.0 Å². The topological polar surface area (TPSA) is 129 Å². The highest BCUT2D eigenvalue weighted by molar-refractivity contribution is 8.04. The number of rotatable bonds is 11. The maximum absolute atomic E-state index is 12.0. The van der Waals surface area contributed by atoms with Crippen LogP contribution in [0.4, 0.5) is 0 Å². The lowest BCUT2D eigenvalue weighted by molar-refractivity contribution is -0.131. The minimum atomic E-state index is -1.12. The number of hydrogen-bond acceptors (Lipinski definition) is 9. The van der Waals surface area contributed by atoms with E-state index in [1.807, 2.05) is 29.7 Å². The molecule has 3 rings (SSSR count). The zero-order valence-corrected chi connectivity index (χ0v) is 20.5. The van der Waals surface area contributed by atoms with Crippen molar-refractivity contribution >= 4 is 23.8 Å². The van der Waals surface area contributed by atoms with Crippen LogP contribution in [0.2, 0.25) is 0 Å². The molecule has 35 heavy (non-hydrogen) atoms. The lowest BCUT2D eigenvalue weighted by atomic mass is 10.2. The van der Waals surface area contributed by atoms with Crippen molar-refractivity contribution in [3.63, 3.8) is 0 Å². The van der Waals surface area contributed by atoms with E-state index in [1.54, 1.807) is 38.5 Å². The second kappa shape index (κ2) is 11.8. The minimum absolute atomic E-state index is 0.0367. The van der Waals surface area contributed by atoms with Gasteiger partial charge in [0.1, 0.15) is 22.5 Å². The molecule has 11 heteroatoms. The minimum Gasteiger partial charge on any atom is -0.497 e. The Bertz CT molecular complexity index is 1260. The molecule has 182 valence electrons. The first-order valence-corrected chi connectivity index (χ1v) is 11.2. The lowest BCUT2D eigenvalue weighted by Crippen LogP contribution is -2.03. The number of nitrogens with zero attached hydrogens (tertiary/aromatic N) is 4. The first-order valence-electron chi connectivity index (χ1n) is 10.4. The van der Waals surface area contributed by atoms with Gasteiger partial charge in [-0.05, 0) is 54.6 Å². The molecule has 0 spiro atoms. The van der Waals surface area contributed by atoms with Gasteiger partial charge in [-0.3, -0.25) is 0 Å². The molecule has 0 aliphatic rings. The largest absolute Gasteiger partial charge is 0.497 e. The zero-order valence-electron chi connectivity index (χ0n) is 19.6. The molecule has 2 aromatic carbocycles. The van der Waals surface area contributed by atoms with E-state index in [4.69, 9.17) is 24.2 Å². The van der Waals surface area contributed by atoms with Gasteiger partial charge in [0.2, 0.25) is 0 Å². The molecule has 0 aliphatic heterocycles. The molecule has 1 heterocycles. The summed E-state index contributed by atoms with van der Waals surface area (Å²) < 4.78 is 23.1. The number of carboxylic acid groups (broad SMARTS) is 1. The molecule has 0 saturated carbocycles. The van der Waals surface area contributed by atoms with Gasteiger partial charge in [0, 0.05) is 18.2 Å². The van der Waals surface area contributed by atoms with Crippen molar-refractivity contribution in [1.82, 2.24) is 14.8 Å². The lowest BCUT2D eigenvalue weighted by Gasteiger charge is -2.11. The SMILES string of the molecule is CCn1c(S/C(=C\c2ccc(OCC#N)c(OC)c2)C(=O)O)nnc1-c1cc(OC)cc(OC)c1. The van der Waals surface area contributed by atoms with Crippen LogP contribution < -0.4 is 18.9 Å². The van der Waals surface area contributed by atoms with Crippen molar-refractivity contribution < 1.29 is 28.8 Å². The molecule has 0 unspecified atom stereocenters. The van der Waals surface area contributed by atoms with Crippen molar-refractivity contribution in [3.8, 4) is 40.5 Å². The molecule has 3 aromatic rings. The Morgan fingerprint density at radius 3 is 2.37 bits per heavy atom. The average molecular weight is 497 g/mol. The van der Waals surface area contributed by atoms with E-state index in [-0.39, 0.29) is 11.5 Å². The molecule has 0 bridgehead atoms. The monoisotopic (exact) mass is 496 g/mol. The van der Waals surface area contributed by atoms with Gasteiger partial charge < -0.3 is 28.6 Å². The van der Waals surface area contributed by atoms with Gasteiger partial charge >= 0.3 is 5.97 Å². The van der Waals surface area contributed by atoms with E-state index in [0.29, 0.717) is 46.1 Å². The zero-order chi connectivity index (χ0) is 25.4. The van der Waals surface area contributed by atoms with Gasteiger partial charge in [0.05, 0.1) is 21.3 Å². The Labute approximate surface area is 206 Å². The van der Waals surface area contributed by atoms with E-state index in [1.165, 1.54) is 13.2 Å². The third-order valence-corrected chi connectivity index (χ3v) is 5.83. The number of benzene rings is 2. The Morgan fingerprint density at radius 2 is 1.80 bits per heavy atom. The predicted octanol–water partition coefficient (Wildman–Crippen LogP) is 4.11. The first kappa shape index (κ1) is 25.5. The number of aliphatic carboxylic acids is 1. The fourth-order valence-corrected chi connectivity index (χ4v) is 4.07. The summed E-state index contributed by atoms with van der Waals surface area (Å²) in [6.07, 6.45) is 1.51. The van der Waals surface area contributed by atoms with Crippen LogP contribution in [0.15, 0.2) is 46.5 Å². The maximum atomic E-state index is 12.0. The molecule has 0 fully saturated rings. The van der Waals surface area contributed by atoms with Gasteiger partial charge in [-0.25, -0.2) is 4.79 Å². The number of hydrogen-bond donors (Lipinski definition) is 1. The van der Waals surface area contributed by atoms with Crippen LogP contribution in [-0.4, -0.2) is 53.8 Å². The van der Waals surface area contributed by atoms with Crippen LogP contribution in [0.1, 0.15) is 12.5 Å². The molecular weight excluding hydrogens is 472 g/mol. The molecule has 0 atom stereocenters. The summed E-state index contributed by atoms with van der Waals surface area (Å²) in [5, 5.41) is 27.5. The summed E-state index contributed by atoms with van der Waals surface area (Å²) in [5.74, 6) is 1.41. The number of methoxy groups -OCH3 is 3. The highest BCUT2D eigenvalue weighted by Gasteiger charge is 2.19. The number of ether oxygens (including phenoxy) is 4. The van der Waals surface area contributed by atoms with Crippen molar-refractivity contribution in [3.05, 3.63) is 46.9 Å². The van der Waals surface area contributed by atoms with Gasteiger partial charge in [0.25, 0.3) is 0 Å². The van der Waals surface area contributed by atoms with Gasteiger partial charge in [-0.2, -0.15) is 5.26 Å². The number of carboxylic acids is 1. The second-order valence-corrected chi connectivity index (χ2v) is 7.93. The number of thioether (sulfide) groups is 1. The van der Waals surface area contributed by atoms with Crippen LogP contribution in [0.3, 0.4) is 0 Å². The molecule has 0 aliphatic carbocycles. The average Bonchev–Trinajstić information content (AvgIpc) is 3.29. The van der Waals surface area contributed by atoms with E-state index in [9.17, 15) is 9.90 Å². The third kappa shape index (κ3) is 6.04. The van der Waals surface area contributed by atoms with Crippen LogP contribution >= 0.6 is 11.8 Å². The van der Waals surface area contributed by atoms with Crippen molar-refractivity contribution in [2.24, 2.45) is 0 Å². The Kier molecular flexibility index (Phi) is 8.58.